The zero-order valence-corrected chi connectivity index (χ0v) is 15.8. The molecule has 2 aromatic rings. The molecule has 0 aliphatic carbocycles. The first-order valence-corrected chi connectivity index (χ1v) is 8.13. The van der Waals surface area contributed by atoms with Gasteiger partial charge < -0.3 is 20.3 Å². The minimum absolute atomic E-state index is 0.798. The standard InChI is InChI=1S/C16H18BrNO.C2H2O4/c1-11-4-6-15(14(17)8-11)18-10-13-5-7-16(19-3)12(2)9-13;3-1(4)2(5)6/h4-9,18H,10H2,1-3H3;(H,3,4)(H,5,6). The number of benzene rings is 2. The van der Waals surface area contributed by atoms with E-state index in [1.807, 2.05) is 6.07 Å². The van der Waals surface area contributed by atoms with Crippen LogP contribution in [0.2, 0.25) is 0 Å². The van der Waals surface area contributed by atoms with E-state index in [9.17, 15) is 0 Å². The van der Waals surface area contributed by atoms with Gasteiger partial charge in [0.1, 0.15) is 5.75 Å². The van der Waals surface area contributed by atoms with Gasteiger partial charge in [-0.25, -0.2) is 9.59 Å². The molecule has 2 aromatic carbocycles. The average molecular weight is 410 g/mol. The van der Waals surface area contributed by atoms with Gasteiger partial charge >= 0.3 is 11.9 Å². The van der Waals surface area contributed by atoms with Crippen LogP contribution in [0.15, 0.2) is 40.9 Å². The zero-order chi connectivity index (χ0) is 19.0. The Kier molecular flexibility index (Phi) is 7.94. The van der Waals surface area contributed by atoms with Gasteiger partial charge in [0.05, 0.1) is 7.11 Å². The van der Waals surface area contributed by atoms with Gasteiger partial charge in [-0.05, 0) is 64.7 Å². The van der Waals surface area contributed by atoms with Crippen molar-refractivity contribution in [2.75, 3.05) is 12.4 Å². The molecular formula is C18H20BrNO5. The molecule has 6 nitrogen and oxygen atoms in total. The molecule has 0 fully saturated rings. The molecule has 0 atom stereocenters. The largest absolute Gasteiger partial charge is 0.496 e. The Labute approximate surface area is 154 Å². The third-order valence-electron chi connectivity index (χ3n) is 3.25. The Morgan fingerprint density at radius 3 is 2.20 bits per heavy atom. The fourth-order valence-electron chi connectivity index (χ4n) is 2.01. The van der Waals surface area contributed by atoms with Gasteiger partial charge in [0.25, 0.3) is 0 Å². The van der Waals surface area contributed by atoms with Crippen LogP contribution < -0.4 is 10.1 Å². The second kappa shape index (κ2) is 9.68. The lowest BCUT2D eigenvalue weighted by Gasteiger charge is -2.11. The lowest BCUT2D eigenvalue weighted by atomic mass is 10.1. The number of anilines is 1. The van der Waals surface area contributed by atoms with Gasteiger partial charge in [-0.3, -0.25) is 0 Å². The summed E-state index contributed by atoms with van der Waals surface area (Å²) in [5.41, 5.74) is 4.76. The average Bonchev–Trinajstić information content (AvgIpc) is 2.54. The lowest BCUT2D eigenvalue weighted by Crippen LogP contribution is -2.09. The van der Waals surface area contributed by atoms with Crippen LogP contribution in [0.25, 0.3) is 0 Å². The summed E-state index contributed by atoms with van der Waals surface area (Å²) < 4.78 is 6.36. The number of halogens is 1. The summed E-state index contributed by atoms with van der Waals surface area (Å²) in [6.45, 7) is 4.94. The molecule has 0 heterocycles. The van der Waals surface area contributed by atoms with Crippen LogP contribution >= 0.6 is 15.9 Å². The first kappa shape index (κ1) is 20.5. The molecule has 0 aliphatic heterocycles. The monoisotopic (exact) mass is 409 g/mol. The van der Waals surface area contributed by atoms with Crippen molar-refractivity contribution in [1.29, 1.82) is 0 Å². The minimum atomic E-state index is -1.82. The summed E-state index contributed by atoms with van der Waals surface area (Å²) >= 11 is 3.58. The zero-order valence-electron chi connectivity index (χ0n) is 14.2. The molecule has 0 aromatic heterocycles. The van der Waals surface area contributed by atoms with Crippen LogP contribution in [0.3, 0.4) is 0 Å². The molecule has 0 aliphatic rings. The summed E-state index contributed by atoms with van der Waals surface area (Å²) in [5.74, 6) is -2.72. The van der Waals surface area contributed by atoms with Gasteiger partial charge in [0.2, 0.25) is 0 Å². The molecule has 25 heavy (non-hydrogen) atoms. The second-order valence-electron chi connectivity index (χ2n) is 5.25. The van der Waals surface area contributed by atoms with Crippen LogP contribution in [-0.4, -0.2) is 29.3 Å². The van der Waals surface area contributed by atoms with Crippen molar-refractivity contribution in [3.8, 4) is 5.75 Å². The fraction of sp³-hybridized carbons (Fsp3) is 0.222. The Morgan fingerprint density at radius 2 is 1.72 bits per heavy atom. The summed E-state index contributed by atoms with van der Waals surface area (Å²) in [5, 5.41) is 18.2. The third-order valence-corrected chi connectivity index (χ3v) is 3.91. The molecule has 0 spiro atoms. The number of methoxy groups -OCH3 is 1. The number of nitrogens with one attached hydrogen (secondary N) is 1. The maximum Gasteiger partial charge on any atom is 0.414 e. The summed E-state index contributed by atoms with van der Waals surface area (Å²) in [6, 6.07) is 12.6. The maximum atomic E-state index is 9.10. The van der Waals surface area contributed by atoms with E-state index < -0.39 is 11.9 Å². The van der Waals surface area contributed by atoms with E-state index in [2.05, 4.69) is 65.4 Å². The van der Waals surface area contributed by atoms with Crippen LogP contribution in [0, 0.1) is 13.8 Å². The smallest absolute Gasteiger partial charge is 0.414 e. The van der Waals surface area contributed by atoms with Crippen molar-refractivity contribution in [3.05, 3.63) is 57.6 Å². The molecule has 134 valence electrons. The molecule has 2 rings (SSSR count). The van der Waals surface area contributed by atoms with E-state index >= 15 is 0 Å². The second-order valence-corrected chi connectivity index (χ2v) is 6.11. The van der Waals surface area contributed by atoms with Crippen molar-refractivity contribution in [1.82, 2.24) is 0 Å². The summed E-state index contributed by atoms with van der Waals surface area (Å²) in [4.78, 5) is 18.2. The molecule has 0 bridgehead atoms. The van der Waals surface area contributed by atoms with Crippen molar-refractivity contribution in [3.63, 3.8) is 0 Å². The van der Waals surface area contributed by atoms with E-state index in [0.29, 0.717) is 0 Å². The number of aliphatic carboxylic acids is 2. The van der Waals surface area contributed by atoms with E-state index in [4.69, 9.17) is 24.5 Å². The number of carbonyl (C=O) groups is 2. The van der Waals surface area contributed by atoms with Gasteiger partial charge in [-0.15, -0.1) is 0 Å². The topological polar surface area (TPSA) is 95.9 Å². The predicted octanol–water partition coefficient (Wildman–Crippen LogP) is 3.84. The van der Waals surface area contributed by atoms with Crippen LogP contribution in [-0.2, 0) is 16.1 Å². The van der Waals surface area contributed by atoms with Crippen LogP contribution in [0.4, 0.5) is 5.69 Å². The number of aryl methyl sites for hydroxylation is 2. The van der Waals surface area contributed by atoms with Gasteiger partial charge in [-0.2, -0.15) is 0 Å². The van der Waals surface area contributed by atoms with E-state index in [1.54, 1.807) is 7.11 Å². The highest BCUT2D eigenvalue weighted by molar-refractivity contribution is 9.10. The Hall–Kier alpha value is -2.54. The van der Waals surface area contributed by atoms with E-state index in [1.165, 1.54) is 11.1 Å². The van der Waals surface area contributed by atoms with E-state index in [-0.39, 0.29) is 0 Å². The highest BCUT2D eigenvalue weighted by atomic mass is 79.9. The quantitative estimate of drug-likeness (QED) is 0.663. The molecule has 0 saturated heterocycles. The SMILES string of the molecule is COc1ccc(CNc2ccc(C)cc2Br)cc1C.O=C(O)C(=O)O. The molecular weight excluding hydrogens is 390 g/mol. The highest BCUT2D eigenvalue weighted by Crippen LogP contribution is 2.24. The molecule has 0 radical (unpaired) electrons. The molecule has 7 heteroatoms. The normalized spacial score (nSPS) is 9.60. The Morgan fingerprint density at radius 1 is 1.08 bits per heavy atom. The first-order chi connectivity index (χ1) is 11.7. The summed E-state index contributed by atoms with van der Waals surface area (Å²) in [6.07, 6.45) is 0. The van der Waals surface area contributed by atoms with Crippen LogP contribution in [0.1, 0.15) is 16.7 Å². The number of hydrogen-bond acceptors (Lipinski definition) is 4. The molecule has 0 unspecified atom stereocenters. The molecule has 3 N–H and O–H groups in total. The lowest BCUT2D eigenvalue weighted by molar-refractivity contribution is -0.159. The van der Waals surface area contributed by atoms with Crippen molar-refractivity contribution >= 4 is 33.6 Å². The number of ether oxygens (including phenoxy) is 1. The third kappa shape index (κ3) is 6.84. The Balaban J connectivity index is 0.000000450. The van der Waals surface area contributed by atoms with Crippen molar-refractivity contribution < 1.29 is 24.5 Å². The fourth-order valence-corrected chi connectivity index (χ4v) is 2.64. The van der Waals surface area contributed by atoms with Crippen LogP contribution in [0.5, 0.6) is 5.75 Å². The van der Waals surface area contributed by atoms with Gasteiger partial charge in [0.15, 0.2) is 0 Å². The number of hydrogen-bond donors (Lipinski definition) is 3. The first-order valence-electron chi connectivity index (χ1n) is 7.34. The highest BCUT2D eigenvalue weighted by Gasteiger charge is 2.04. The molecule has 0 amide bonds. The summed E-state index contributed by atoms with van der Waals surface area (Å²) in [7, 11) is 1.70. The van der Waals surface area contributed by atoms with E-state index in [0.717, 1.165) is 28.0 Å². The number of carboxylic acids is 2. The number of rotatable bonds is 4. The van der Waals surface area contributed by atoms with Crippen molar-refractivity contribution in [2.45, 2.75) is 20.4 Å². The Bertz CT molecular complexity index is 749. The minimum Gasteiger partial charge on any atom is -0.496 e. The predicted molar refractivity (Wildman–Crippen MR) is 99.2 cm³/mol. The van der Waals surface area contributed by atoms with Crippen molar-refractivity contribution in [2.24, 2.45) is 0 Å². The number of carboxylic acid groups (broad SMARTS) is 2. The van der Waals surface area contributed by atoms with Gasteiger partial charge in [0, 0.05) is 16.7 Å². The van der Waals surface area contributed by atoms with Gasteiger partial charge in [-0.1, -0.05) is 18.2 Å². The molecule has 0 saturated carbocycles. The maximum absolute atomic E-state index is 9.10.